The van der Waals surface area contributed by atoms with Gasteiger partial charge in [0.25, 0.3) is 0 Å². The van der Waals surface area contributed by atoms with Crippen LogP contribution in [0.1, 0.15) is 39.1 Å². The van der Waals surface area contributed by atoms with Gasteiger partial charge < -0.3 is 20.8 Å². The second kappa shape index (κ2) is 14.1. The molecule has 2 heterocycles. The Balaban J connectivity index is 0.000000358. The number of hydrogen-bond acceptors (Lipinski definition) is 6. The van der Waals surface area contributed by atoms with Crippen LogP contribution in [0.15, 0.2) is 72.8 Å². The van der Waals surface area contributed by atoms with Crippen LogP contribution in [-0.2, 0) is 6.18 Å². The zero-order valence-electron chi connectivity index (χ0n) is 21.4. The average Bonchev–Trinajstić information content (AvgIpc) is 2.93. The van der Waals surface area contributed by atoms with Gasteiger partial charge in [0.1, 0.15) is 5.69 Å². The molecule has 1 fully saturated rings. The van der Waals surface area contributed by atoms with Crippen LogP contribution in [0.25, 0.3) is 22.0 Å². The molecular formula is C28H27Cl2F3N4O4. The molecule has 0 aliphatic carbocycles. The van der Waals surface area contributed by atoms with Gasteiger partial charge in [0.2, 0.25) is 0 Å². The summed E-state index contributed by atoms with van der Waals surface area (Å²) in [4.78, 5) is 22.9. The average molecular weight is 611 g/mol. The Labute approximate surface area is 245 Å². The van der Waals surface area contributed by atoms with Crippen LogP contribution in [0.5, 0.6) is 0 Å². The zero-order chi connectivity index (χ0) is 28.2. The van der Waals surface area contributed by atoms with Gasteiger partial charge >= 0.3 is 18.1 Å². The molecule has 41 heavy (non-hydrogen) atoms. The van der Waals surface area contributed by atoms with E-state index in [4.69, 9.17) is 15.9 Å². The quantitative estimate of drug-likeness (QED) is 0.250. The molecule has 0 spiro atoms. The van der Waals surface area contributed by atoms with Crippen molar-refractivity contribution in [2.45, 2.75) is 25.1 Å². The summed E-state index contributed by atoms with van der Waals surface area (Å²) < 4.78 is 38.5. The molecule has 218 valence electrons. The molecule has 4 N–H and O–H groups in total. The molecule has 1 saturated heterocycles. The maximum absolute atomic E-state index is 12.8. The number of aromatic carboxylic acids is 2. The SMILES string of the molecule is Cl.Cl.NC1CCN(c2nnc(-c3ccc(C(F)(F)F)cc3)c3ccccc23)CC1.O=C(O)c1cccc(C(=O)O)c1. The van der Waals surface area contributed by atoms with Crippen molar-refractivity contribution in [3.8, 4) is 11.3 Å². The second-order valence-electron chi connectivity index (χ2n) is 9.01. The predicted molar refractivity (Wildman–Crippen MR) is 154 cm³/mol. The number of hydrogen-bond donors (Lipinski definition) is 3. The number of piperidine rings is 1. The minimum atomic E-state index is -4.36. The van der Waals surface area contributed by atoms with E-state index < -0.39 is 23.7 Å². The van der Waals surface area contributed by atoms with Gasteiger partial charge in [0.05, 0.1) is 16.7 Å². The molecule has 0 unspecified atom stereocenters. The molecule has 0 radical (unpaired) electrons. The van der Waals surface area contributed by atoms with Gasteiger partial charge in [-0.3, -0.25) is 0 Å². The van der Waals surface area contributed by atoms with Crippen LogP contribution in [0.2, 0.25) is 0 Å². The first-order valence-corrected chi connectivity index (χ1v) is 12.0. The molecule has 1 aliphatic rings. The first-order chi connectivity index (χ1) is 18.5. The number of nitrogens with two attached hydrogens (primary N) is 1. The number of nitrogens with zero attached hydrogens (tertiary/aromatic N) is 3. The Hall–Kier alpha value is -3.93. The van der Waals surface area contributed by atoms with E-state index in [-0.39, 0.29) is 42.0 Å². The van der Waals surface area contributed by atoms with Crippen molar-refractivity contribution in [1.82, 2.24) is 10.2 Å². The Morgan fingerprint density at radius 3 is 1.85 bits per heavy atom. The van der Waals surface area contributed by atoms with E-state index in [2.05, 4.69) is 15.1 Å². The van der Waals surface area contributed by atoms with Gasteiger partial charge in [-0.1, -0.05) is 42.5 Å². The summed E-state index contributed by atoms with van der Waals surface area (Å²) in [6.07, 6.45) is -2.56. The number of fused-ring (bicyclic) bond motifs is 1. The van der Waals surface area contributed by atoms with Gasteiger partial charge in [-0.15, -0.1) is 35.0 Å². The molecule has 3 aromatic carbocycles. The number of carboxylic acid groups (broad SMARTS) is 2. The van der Waals surface area contributed by atoms with Crippen LogP contribution in [0.3, 0.4) is 0 Å². The third kappa shape index (κ3) is 8.06. The Morgan fingerprint density at radius 1 is 0.805 bits per heavy atom. The minimum absolute atomic E-state index is 0. The summed E-state index contributed by atoms with van der Waals surface area (Å²) in [5.74, 6) is -1.45. The standard InChI is InChI=1S/C20H19F3N4.C8H6O4.2ClH/c21-20(22,23)14-7-5-13(6-8-14)18-16-3-1-2-4-17(16)19(26-25-18)27-11-9-15(24)10-12-27;9-7(10)5-2-1-3-6(4-5)8(11)12;;/h1-8,15H,9-12,24H2;1-4H,(H,9,10)(H,11,12);2*1H. The Kier molecular flexibility index (Phi) is 11.5. The second-order valence-corrected chi connectivity index (χ2v) is 9.01. The molecule has 5 rings (SSSR count). The van der Waals surface area contributed by atoms with E-state index in [1.807, 2.05) is 24.3 Å². The fourth-order valence-electron chi connectivity index (χ4n) is 4.25. The molecule has 8 nitrogen and oxygen atoms in total. The van der Waals surface area contributed by atoms with Crippen molar-refractivity contribution < 1.29 is 33.0 Å². The van der Waals surface area contributed by atoms with Crippen molar-refractivity contribution in [2.75, 3.05) is 18.0 Å². The Morgan fingerprint density at radius 2 is 1.34 bits per heavy atom. The number of aromatic nitrogens is 2. The largest absolute Gasteiger partial charge is 0.478 e. The van der Waals surface area contributed by atoms with Crippen LogP contribution in [-0.4, -0.2) is 51.5 Å². The van der Waals surface area contributed by atoms with Crippen LogP contribution >= 0.6 is 24.8 Å². The van der Waals surface area contributed by atoms with Crippen LogP contribution < -0.4 is 10.6 Å². The normalized spacial score (nSPS) is 13.3. The lowest BCUT2D eigenvalue weighted by molar-refractivity contribution is -0.137. The molecule has 0 atom stereocenters. The third-order valence-electron chi connectivity index (χ3n) is 6.35. The number of anilines is 1. The van der Waals surface area contributed by atoms with Crippen molar-refractivity contribution in [3.63, 3.8) is 0 Å². The Bertz CT molecular complexity index is 1470. The van der Waals surface area contributed by atoms with Crippen LogP contribution in [0.4, 0.5) is 19.0 Å². The number of carboxylic acids is 2. The summed E-state index contributed by atoms with van der Waals surface area (Å²) in [6, 6.07) is 18.2. The maximum atomic E-state index is 12.8. The molecule has 0 saturated carbocycles. The molecule has 0 bridgehead atoms. The lowest BCUT2D eigenvalue weighted by Crippen LogP contribution is -2.40. The van der Waals surface area contributed by atoms with Gasteiger partial charge in [-0.2, -0.15) is 13.2 Å². The number of benzene rings is 3. The van der Waals surface area contributed by atoms with Crippen molar-refractivity contribution in [1.29, 1.82) is 0 Å². The van der Waals surface area contributed by atoms with E-state index in [1.165, 1.54) is 30.3 Å². The first kappa shape index (κ1) is 33.3. The number of carbonyl (C=O) groups is 2. The molecular weight excluding hydrogens is 584 g/mol. The highest BCUT2D eigenvalue weighted by atomic mass is 35.5. The lowest BCUT2D eigenvalue weighted by atomic mass is 10.0. The number of alkyl halides is 3. The summed E-state index contributed by atoms with van der Waals surface area (Å²) in [7, 11) is 0. The van der Waals surface area contributed by atoms with E-state index in [1.54, 1.807) is 0 Å². The maximum Gasteiger partial charge on any atom is 0.416 e. The number of halogens is 5. The summed E-state index contributed by atoms with van der Waals surface area (Å²) in [5, 5.41) is 27.6. The molecule has 1 aliphatic heterocycles. The molecule has 0 amide bonds. The van der Waals surface area contributed by atoms with E-state index in [9.17, 15) is 22.8 Å². The summed E-state index contributed by atoms with van der Waals surface area (Å²) in [5.41, 5.74) is 6.46. The lowest BCUT2D eigenvalue weighted by Gasteiger charge is -2.31. The minimum Gasteiger partial charge on any atom is -0.478 e. The fraction of sp³-hybridized carbons (Fsp3) is 0.214. The highest BCUT2D eigenvalue weighted by Gasteiger charge is 2.30. The van der Waals surface area contributed by atoms with Gasteiger partial charge in [0.15, 0.2) is 5.82 Å². The van der Waals surface area contributed by atoms with Gasteiger partial charge in [-0.05, 0) is 43.2 Å². The number of rotatable bonds is 4. The first-order valence-electron chi connectivity index (χ1n) is 12.0. The van der Waals surface area contributed by atoms with Gasteiger partial charge in [0, 0.05) is 35.5 Å². The van der Waals surface area contributed by atoms with Gasteiger partial charge in [-0.25, -0.2) is 9.59 Å². The monoisotopic (exact) mass is 610 g/mol. The fourth-order valence-corrected chi connectivity index (χ4v) is 4.25. The molecule has 13 heteroatoms. The van der Waals surface area contributed by atoms with Crippen LogP contribution in [0, 0.1) is 0 Å². The van der Waals surface area contributed by atoms with E-state index in [0.717, 1.165) is 60.7 Å². The predicted octanol–water partition coefficient (Wildman–Crippen LogP) is 6.17. The van der Waals surface area contributed by atoms with E-state index in [0.29, 0.717) is 11.3 Å². The molecule has 4 aromatic rings. The van der Waals surface area contributed by atoms with Crippen molar-refractivity contribution in [3.05, 3.63) is 89.5 Å². The highest BCUT2D eigenvalue weighted by Crippen LogP contribution is 2.34. The summed E-state index contributed by atoms with van der Waals surface area (Å²) in [6.45, 7) is 1.64. The van der Waals surface area contributed by atoms with Crippen molar-refractivity contribution >= 4 is 53.3 Å². The summed E-state index contributed by atoms with van der Waals surface area (Å²) >= 11 is 0. The molecule has 1 aromatic heterocycles. The van der Waals surface area contributed by atoms with Crippen molar-refractivity contribution in [2.24, 2.45) is 5.73 Å². The third-order valence-corrected chi connectivity index (χ3v) is 6.35. The topological polar surface area (TPSA) is 130 Å². The van der Waals surface area contributed by atoms with E-state index >= 15 is 0 Å². The smallest absolute Gasteiger partial charge is 0.416 e. The highest BCUT2D eigenvalue weighted by molar-refractivity contribution is 6.00. The zero-order valence-corrected chi connectivity index (χ0v) is 23.0.